The van der Waals surface area contributed by atoms with Gasteiger partial charge in [0.15, 0.2) is 0 Å². The fraction of sp³-hybridized carbons (Fsp3) is 0.733. The van der Waals surface area contributed by atoms with Crippen LogP contribution in [-0.2, 0) is 0 Å². The fourth-order valence-corrected chi connectivity index (χ4v) is 4.15. The molecule has 0 aliphatic carbocycles. The maximum absolute atomic E-state index is 12.4. The van der Waals surface area contributed by atoms with Crippen LogP contribution >= 0.6 is 11.3 Å². The number of amides is 1. The molecule has 0 radical (unpaired) electrons. The molecule has 0 saturated carbocycles. The number of nitrogens with zero attached hydrogens (tertiary/aromatic N) is 3. The van der Waals surface area contributed by atoms with E-state index in [1.54, 1.807) is 5.51 Å². The monoisotopic (exact) mass is 293 g/mol. The third-order valence-electron chi connectivity index (χ3n) is 4.52. The second kappa shape index (κ2) is 5.45. The predicted octanol–water partition coefficient (Wildman–Crippen LogP) is 2.34. The zero-order chi connectivity index (χ0) is 14.2. The van der Waals surface area contributed by atoms with Crippen LogP contribution < -0.4 is 0 Å². The van der Waals surface area contributed by atoms with E-state index in [4.69, 9.17) is 0 Å². The van der Waals surface area contributed by atoms with Gasteiger partial charge in [0.25, 0.3) is 5.91 Å². The Hall–Kier alpha value is -0.940. The Morgan fingerprint density at radius 2 is 2.20 bits per heavy atom. The van der Waals surface area contributed by atoms with E-state index in [9.17, 15) is 4.79 Å². The Labute approximate surface area is 124 Å². The molecule has 0 N–H and O–H groups in total. The van der Waals surface area contributed by atoms with Gasteiger partial charge in [0.2, 0.25) is 0 Å². The molecule has 110 valence electrons. The minimum Gasteiger partial charge on any atom is -0.337 e. The molecule has 1 amide bonds. The summed E-state index contributed by atoms with van der Waals surface area (Å²) in [5, 5.41) is 1.85. The van der Waals surface area contributed by atoms with Crippen molar-refractivity contribution in [1.29, 1.82) is 0 Å². The molecule has 20 heavy (non-hydrogen) atoms. The van der Waals surface area contributed by atoms with Gasteiger partial charge in [0, 0.05) is 37.0 Å². The maximum atomic E-state index is 12.4. The van der Waals surface area contributed by atoms with E-state index in [0.717, 1.165) is 32.0 Å². The second-order valence-corrected chi connectivity index (χ2v) is 7.45. The van der Waals surface area contributed by atoms with Gasteiger partial charge < -0.3 is 9.80 Å². The third kappa shape index (κ3) is 2.74. The maximum Gasteiger partial charge on any atom is 0.273 e. The van der Waals surface area contributed by atoms with Crippen molar-refractivity contribution in [3.8, 4) is 0 Å². The van der Waals surface area contributed by atoms with Gasteiger partial charge in [-0.2, -0.15) is 0 Å². The summed E-state index contributed by atoms with van der Waals surface area (Å²) in [5.74, 6) is 0.838. The highest BCUT2D eigenvalue weighted by Gasteiger charge is 2.44. The lowest BCUT2D eigenvalue weighted by Gasteiger charge is -2.25. The SMILES string of the molecule is CC(C)CN1CCC2(CCN(C(=O)c3cscn3)C2)C1. The summed E-state index contributed by atoms with van der Waals surface area (Å²) in [7, 11) is 0. The van der Waals surface area contributed by atoms with Crippen molar-refractivity contribution >= 4 is 17.2 Å². The van der Waals surface area contributed by atoms with Crippen LogP contribution in [0.2, 0.25) is 0 Å². The van der Waals surface area contributed by atoms with Crippen molar-refractivity contribution in [3.05, 3.63) is 16.6 Å². The summed E-state index contributed by atoms with van der Waals surface area (Å²) in [6, 6.07) is 0. The van der Waals surface area contributed by atoms with Crippen molar-refractivity contribution in [3.63, 3.8) is 0 Å². The summed E-state index contributed by atoms with van der Waals surface area (Å²) < 4.78 is 0. The van der Waals surface area contributed by atoms with Crippen molar-refractivity contribution in [1.82, 2.24) is 14.8 Å². The molecule has 3 heterocycles. The normalized spacial score (nSPS) is 27.1. The molecule has 1 atom stereocenters. The molecular formula is C15H23N3OS. The van der Waals surface area contributed by atoms with Crippen LogP contribution in [0.25, 0.3) is 0 Å². The van der Waals surface area contributed by atoms with Gasteiger partial charge in [-0.3, -0.25) is 4.79 Å². The zero-order valence-electron chi connectivity index (χ0n) is 12.3. The molecular weight excluding hydrogens is 270 g/mol. The lowest BCUT2D eigenvalue weighted by Crippen LogP contribution is -2.34. The number of carbonyl (C=O) groups excluding carboxylic acids is 1. The first kappa shape index (κ1) is 14.0. The quantitative estimate of drug-likeness (QED) is 0.858. The predicted molar refractivity (Wildman–Crippen MR) is 81.0 cm³/mol. The standard InChI is InChI=1S/C15H23N3OS/c1-12(2)7-17-5-3-15(9-17)4-6-18(10-15)14(19)13-8-20-11-16-13/h8,11-12H,3-7,9-10H2,1-2H3. The van der Waals surface area contributed by atoms with Gasteiger partial charge in [-0.1, -0.05) is 13.8 Å². The Morgan fingerprint density at radius 1 is 1.40 bits per heavy atom. The molecule has 1 unspecified atom stereocenters. The van der Waals surface area contributed by atoms with Crippen LogP contribution in [0.4, 0.5) is 0 Å². The molecule has 2 aliphatic heterocycles. The van der Waals surface area contributed by atoms with Crippen molar-refractivity contribution < 1.29 is 4.79 Å². The average molecular weight is 293 g/mol. The highest BCUT2D eigenvalue weighted by Crippen LogP contribution is 2.40. The molecule has 1 spiro atoms. The first-order valence-corrected chi connectivity index (χ1v) is 8.42. The summed E-state index contributed by atoms with van der Waals surface area (Å²) in [4.78, 5) is 21.1. The zero-order valence-corrected chi connectivity index (χ0v) is 13.2. The van der Waals surface area contributed by atoms with Crippen LogP contribution in [0.3, 0.4) is 0 Å². The van der Waals surface area contributed by atoms with Crippen LogP contribution in [-0.4, -0.2) is 53.4 Å². The summed E-state index contributed by atoms with van der Waals surface area (Å²) in [6.07, 6.45) is 2.39. The number of hydrogen-bond acceptors (Lipinski definition) is 4. The molecule has 0 aromatic carbocycles. The largest absolute Gasteiger partial charge is 0.337 e. The second-order valence-electron chi connectivity index (χ2n) is 6.73. The van der Waals surface area contributed by atoms with Gasteiger partial charge in [0.05, 0.1) is 5.51 Å². The first-order chi connectivity index (χ1) is 9.58. The molecule has 3 rings (SSSR count). The smallest absolute Gasteiger partial charge is 0.273 e. The number of likely N-dealkylation sites (tertiary alicyclic amines) is 2. The van der Waals surface area contributed by atoms with Gasteiger partial charge in [-0.05, 0) is 25.3 Å². The van der Waals surface area contributed by atoms with Gasteiger partial charge in [-0.15, -0.1) is 11.3 Å². The molecule has 2 saturated heterocycles. The van der Waals surface area contributed by atoms with Crippen molar-refractivity contribution in [2.45, 2.75) is 26.7 Å². The molecule has 2 aliphatic rings. The van der Waals surface area contributed by atoms with Crippen LogP contribution in [0.15, 0.2) is 10.9 Å². The van der Waals surface area contributed by atoms with Crippen LogP contribution in [0.1, 0.15) is 37.2 Å². The van der Waals surface area contributed by atoms with Gasteiger partial charge >= 0.3 is 0 Å². The first-order valence-electron chi connectivity index (χ1n) is 7.48. The van der Waals surface area contributed by atoms with E-state index in [1.165, 1.54) is 30.8 Å². The highest BCUT2D eigenvalue weighted by molar-refractivity contribution is 7.07. The molecule has 0 bridgehead atoms. The van der Waals surface area contributed by atoms with Crippen molar-refractivity contribution in [2.75, 3.05) is 32.7 Å². The fourth-order valence-electron chi connectivity index (χ4n) is 3.62. The molecule has 5 heteroatoms. The topological polar surface area (TPSA) is 36.4 Å². The Bertz CT molecular complexity index is 473. The van der Waals surface area contributed by atoms with E-state index in [1.807, 2.05) is 10.3 Å². The Kier molecular flexibility index (Phi) is 3.82. The van der Waals surface area contributed by atoms with Crippen LogP contribution in [0.5, 0.6) is 0 Å². The van der Waals surface area contributed by atoms with E-state index in [-0.39, 0.29) is 5.91 Å². The summed E-state index contributed by atoms with van der Waals surface area (Å²) >= 11 is 1.49. The highest BCUT2D eigenvalue weighted by atomic mass is 32.1. The lowest BCUT2D eigenvalue weighted by molar-refractivity contribution is 0.0768. The summed E-state index contributed by atoms with van der Waals surface area (Å²) in [5.41, 5.74) is 2.70. The number of rotatable bonds is 3. The van der Waals surface area contributed by atoms with Crippen molar-refractivity contribution in [2.24, 2.45) is 11.3 Å². The summed E-state index contributed by atoms with van der Waals surface area (Å²) in [6.45, 7) is 9.89. The molecule has 4 nitrogen and oxygen atoms in total. The number of carbonyl (C=O) groups is 1. The number of thiazole rings is 1. The number of hydrogen-bond donors (Lipinski definition) is 0. The molecule has 2 fully saturated rings. The van der Waals surface area contributed by atoms with E-state index in [2.05, 4.69) is 23.7 Å². The Morgan fingerprint density at radius 3 is 2.90 bits per heavy atom. The molecule has 1 aromatic heterocycles. The number of aromatic nitrogens is 1. The van der Waals surface area contributed by atoms with E-state index >= 15 is 0 Å². The Balaban J connectivity index is 1.61. The van der Waals surface area contributed by atoms with Gasteiger partial charge in [-0.25, -0.2) is 4.98 Å². The third-order valence-corrected chi connectivity index (χ3v) is 5.10. The average Bonchev–Trinajstić information content (AvgIpc) is 3.12. The van der Waals surface area contributed by atoms with E-state index in [0.29, 0.717) is 11.1 Å². The van der Waals surface area contributed by atoms with Gasteiger partial charge in [0.1, 0.15) is 5.69 Å². The lowest BCUT2D eigenvalue weighted by atomic mass is 9.86. The van der Waals surface area contributed by atoms with Crippen LogP contribution in [0, 0.1) is 11.3 Å². The minimum absolute atomic E-state index is 0.116. The van der Waals surface area contributed by atoms with E-state index < -0.39 is 0 Å². The minimum atomic E-state index is 0.116. The molecule has 1 aromatic rings.